The van der Waals surface area contributed by atoms with Crippen LogP contribution in [0.4, 0.5) is 5.82 Å². The molecule has 0 spiro atoms. The number of hydrogen-bond acceptors (Lipinski definition) is 3. The van der Waals surface area contributed by atoms with Gasteiger partial charge in [0, 0.05) is 17.2 Å². The predicted molar refractivity (Wildman–Crippen MR) is 83.2 cm³/mol. The van der Waals surface area contributed by atoms with E-state index in [9.17, 15) is 4.79 Å². The number of anilines is 1. The molecule has 3 nitrogen and oxygen atoms in total. The van der Waals surface area contributed by atoms with Gasteiger partial charge in [-0.3, -0.25) is 4.79 Å². The predicted octanol–water partition coefficient (Wildman–Crippen LogP) is 3.23. The highest BCUT2D eigenvalue weighted by molar-refractivity contribution is 7.99. The van der Waals surface area contributed by atoms with Gasteiger partial charge in [-0.1, -0.05) is 24.6 Å². The van der Waals surface area contributed by atoms with Crippen molar-refractivity contribution in [2.75, 3.05) is 17.6 Å². The molecule has 100 valence electrons. The first kappa shape index (κ1) is 12.6. The summed E-state index contributed by atoms with van der Waals surface area (Å²) < 4.78 is 0. The van der Waals surface area contributed by atoms with Gasteiger partial charge in [0.15, 0.2) is 0 Å². The maximum atomic E-state index is 11.9. The molecule has 1 atom stereocenters. The van der Waals surface area contributed by atoms with Gasteiger partial charge < -0.3 is 10.3 Å². The number of pyridine rings is 1. The van der Waals surface area contributed by atoms with Crippen molar-refractivity contribution in [1.82, 2.24) is 4.98 Å². The van der Waals surface area contributed by atoms with Crippen LogP contribution in [0.25, 0.3) is 10.8 Å². The number of benzene rings is 1. The Kier molecular flexibility index (Phi) is 3.78. The van der Waals surface area contributed by atoms with E-state index in [0.717, 1.165) is 23.1 Å². The molecule has 0 bridgehead atoms. The Morgan fingerprint density at radius 3 is 3.05 bits per heavy atom. The third-order valence-corrected chi connectivity index (χ3v) is 4.95. The summed E-state index contributed by atoms with van der Waals surface area (Å²) in [6.45, 7) is 0.930. The molecule has 1 aliphatic rings. The highest BCUT2D eigenvalue weighted by Crippen LogP contribution is 2.25. The van der Waals surface area contributed by atoms with Gasteiger partial charge in [-0.05, 0) is 36.1 Å². The van der Waals surface area contributed by atoms with E-state index in [1.807, 2.05) is 42.1 Å². The average Bonchev–Trinajstić information content (AvgIpc) is 2.46. The van der Waals surface area contributed by atoms with Crippen LogP contribution in [0.1, 0.15) is 19.3 Å². The smallest absolute Gasteiger partial charge is 0.257 e. The minimum Gasteiger partial charge on any atom is -0.370 e. The second-order valence-electron chi connectivity index (χ2n) is 4.97. The molecule has 2 N–H and O–H groups in total. The molecular formula is C15H18N2OS. The first-order valence-electron chi connectivity index (χ1n) is 6.80. The molecule has 3 rings (SSSR count). The first-order valence-corrected chi connectivity index (χ1v) is 7.85. The normalized spacial score (nSPS) is 19.5. The lowest BCUT2D eigenvalue weighted by Gasteiger charge is -2.21. The lowest BCUT2D eigenvalue weighted by atomic mass is 10.1. The van der Waals surface area contributed by atoms with Crippen LogP contribution in [0.2, 0.25) is 0 Å². The van der Waals surface area contributed by atoms with Gasteiger partial charge in [-0.25, -0.2) is 0 Å². The summed E-state index contributed by atoms with van der Waals surface area (Å²) in [4.78, 5) is 14.9. The molecule has 0 aliphatic carbocycles. The number of fused-ring (bicyclic) bond motifs is 1. The Balaban J connectivity index is 1.75. The second-order valence-corrected chi connectivity index (χ2v) is 6.38. The molecule has 2 heterocycles. The van der Waals surface area contributed by atoms with E-state index in [4.69, 9.17) is 0 Å². The lowest BCUT2D eigenvalue weighted by Crippen LogP contribution is -2.21. The number of aromatic nitrogens is 1. The first-order chi connectivity index (χ1) is 9.33. The number of aromatic amines is 1. The standard InChI is InChI=1S/C15H18N2OS/c18-15-13-7-2-1-5-11(13)9-14(17-15)16-10-12-6-3-4-8-19-12/h1-2,5,7,9,12H,3-4,6,8,10H2,(H2,16,17,18). The third kappa shape index (κ3) is 2.95. The van der Waals surface area contributed by atoms with Crippen molar-refractivity contribution in [1.29, 1.82) is 0 Å². The van der Waals surface area contributed by atoms with Gasteiger partial charge in [0.05, 0.1) is 0 Å². The van der Waals surface area contributed by atoms with Gasteiger partial charge in [0.2, 0.25) is 0 Å². The van der Waals surface area contributed by atoms with E-state index >= 15 is 0 Å². The van der Waals surface area contributed by atoms with Crippen molar-refractivity contribution >= 4 is 28.4 Å². The monoisotopic (exact) mass is 274 g/mol. The van der Waals surface area contributed by atoms with Crippen molar-refractivity contribution in [3.63, 3.8) is 0 Å². The van der Waals surface area contributed by atoms with Crippen LogP contribution in [0.3, 0.4) is 0 Å². The Hall–Kier alpha value is -1.42. The largest absolute Gasteiger partial charge is 0.370 e. The van der Waals surface area contributed by atoms with Crippen LogP contribution < -0.4 is 10.9 Å². The summed E-state index contributed by atoms with van der Waals surface area (Å²) in [7, 11) is 0. The van der Waals surface area contributed by atoms with Gasteiger partial charge in [-0.2, -0.15) is 11.8 Å². The SMILES string of the molecule is O=c1[nH]c(NCC2CCCCS2)cc2ccccc12. The van der Waals surface area contributed by atoms with E-state index in [1.165, 1.54) is 25.0 Å². The third-order valence-electron chi connectivity index (χ3n) is 3.55. The van der Waals surface area contributed by atoms with Crippen LogP contribution in [-0.4, -0.2) is 22.5 Å². The molecule has 1 fully saturated rings. The molecule has 4 heteroatoms. The van der Waals surface area contributed by atoms with Crippen molar-refractivity contribution < 1.29 is 0 Å². The topological polar surface area (TPSA) is 44.9 Å². The molecule has 1 unspecified atom stereocenters. The summed E-state index contributed by atoms with van der Waals surface area (Å²) >= 11 is 2.04. The fourth-order valence-corrected chi connectivity index (χ4v) is 3.74. The maximum absolute atomic E-state index is 11.9. The average molecular weight is 274 g/mol. The molecule has 0 amide bonds. The quantitative estimate of drug-likeness (QED) is 0.903. The number of H-pyrrole nitrogens is 1. The van der Waals surface area contributed by atoms with E-state index in [-0.39, 0.29) is 5.56 Å². The molecule has 1 saturated heterocycles. The van der Waals surface area contributed by atoms with Gasteiger partial charge >= 0.3 is 0 Å². The van der Waals surface area contributed by atoms with Crippen LogP contribution >= 0.6 is 11.8 Å². The van der Waals surface area contributed by atoms with Crippen LogP contribution in [0.5, 0.6) is 0 Å². The zero-order chi connectivity index (χ0) is 13.1. The molecule has 2 aromatic rings. The maximum Gasteiger partial charge on any atom is 0.257 e. The number of thioether (sulfide) groups is 1. The number of rotatable bonds is 3. The summed E-state index contributed by atoms with van der Waals surface area (Å²) in [5.74, 6) is 2.09. The molecule has 19 heavy (non-hydrogen) atoms. The Morgan fingerprint density at radius 1 is 1.32 bits per heavy atom. The van der Waals surface area contributed by atoms with E-state index < -0.39 is 0 Å². The Labute approximate surface area is 116 Å². The number of hydrogen-bond donors (Lipinski definition) is 2. The zero-order valence-corrected chi connectivity index (χ0v) is 11.6. The summed E-state index contributed by atoms with van der Waals surface area (Å²) in [6, 6.07) is 9.70. The minimum atomic E-state index is -0.0168. The summed E-state index contributed by atoms with van der Waals surface area (Å²) in [5, 5.41) is 5.78. The van der Waals surface area contributed by atoms with Crippen molar-refractivity contribution in [2.45, 2.75) is 24.5 Å². The lowest BCUT2D eigenvalue weighted by molar-refractivity contribution is 0.677. The van der Waals surface area contributed by atoms with E-state index in [1.54, 1.807) is 0 Å². The van der Waals surface area contributed by atoms with Gasteiger partial charge in [0.25, 0.3) is 5.56 Å². The summed E-state index contributed by atoms with van der Waals surface area (Å²) in [6.07, 6.45) is 3.94. The Bertz CT molecular complexity index is 617. The molecular weight excluding hydrogens is 256 g/mol. The Morgan fingerprint density at radius 2 is 2.21 bits per heavy atom. The molecule has 0 saturated carbocycles. The van der Waals surface area contributed by atoms with Crippen molar-refractivity contribution in [3.8, 4) is 0 Å². The van der Waals surface area contributed by atoms with E-state index in [2.05, 4.69) is 10.3 Å². The highest BCUT2D eigenvalue weighted by Gasteiger charge is 2.13. The highest BCUT2D eigenvalue weighted by atomic mass is 32.2. The van der Waals surface area contributed by atoms with Crippen LogP contribution in [0, 0.1) is 0 Å². The van der Waals surface area contributed by atoms with Crippen molar-refractivity contribution in [2.24, 2.45) is 0 Å². The molecule has 1 aliphatic heterocycles. The zero-order valence-electron chi connectivity index (χ0n) is 10.8. The van der Waals surface area contributed by atoms with Crippen LogP contribution in [0.15, 0.2) is 35.1 Å². The number of nitrogens with one attached hydrogen (secondary N) is 2. The van der Waals surface area contributed by atoms with Gasteiger partial charge in [-0.15, -0.1) is 0 Å². The second kappa shape index (κ2) is 5.70. The van der Waals surface area contributed by atoms with E-state index in [0.29, 0.717) is 5.25 Å². The van der Waals surface area contributed by atoms with Gasteiger partial charge in [0.1, 0.15) is 5.82 Å². The minimum absolute atomic E-state index is 0.0168. The fraction of sp³-hybridized carbons (Fsp3) is 0.400. The molecule has 0 radical (unpaired) electrons. The van der Waals surface area contributed by atoms with Crippen LogP contribution in [-0.2, 0) is 0 Å². The summed E-state index contributed by atoms with van der Waals surface area (Å²) in [5.41, 5.74) is -0.0168. The molecule has 1 aromatic carbocycles. The fourth-order valence-electron chi connectivity index (χ4n) is 2.50. The molecule has 1 aromatic heterocycles. The van der Waals surface area contributed by atoms with Crippen molar-refractivity contribution in [3.05, 3.63) is 40.7 Å².